The van der Waals surface area contributed by atoms with Crippen molar-refractivity contribution in [3.05, 3.63) is 29.8 Å². The maximum Gasteiger partial charge on any atom is 0.234 e. The van der Waals surface area contributed by atoms with Crippen molar-refractivity contribution in [1.82, 2.24) is 10.2 Å². The largest absolute Gasteiger partial charge is 0.399 e. The van der Waals surface area contributed by atoms with Crippen molar-refractivity contribution in [2.45, 2.75) is 13.0 Å². The van der Waals surface area contributed by atoms with Crippen LogP contribution in [0.2, 0.25) is 0 Å². The van der Waals surface area contributed by atoms with Gasteiger partial charge in [-0.3, -0.25) is 9.69 Å². The first-order valence-corrected chi connectivity index (χ1v) is 6.40. The molecule has 3 N–H and O–H groups in total. The molecule has 0 bridgehead atoms. The number of hydrogen-bond acceptors (Lipinski definition) is 4. The Bertz CT molecular complexity index is 396. The molecular formula is C14H23N3O2. The van der Waals surface area contributed by atoms with E-state index in [4.69, 9.17) is 10.5 Å². The van der Waals surface area contributed by atoms with Gasteiger partial charge in [0.2, 0.25) is 5.91 Å². The van der Waals surface area contributed by atoms with E-state index in [2.05, 4.69) is 5.32 Å². The summed E-state index contributed by atoms with van der Waals surface area (Å²) in [6, 6.07) is 7.70. The molecule has 1 aromatic carbocycles. The number of methoxy groups -OCH3 is 1. The van der Waals surface area contributed by atoms with Gasteiger partial charge >= 0.3 is 0 Å². The molecule has 0 unspecified atom stereocenters. The fourth-order valence-electron chi connectivity index (χ4n) is 1.80. The lowest BCUT2D eigenvalue weighted by atomic mass is 10.2. The summed E-state index contributed by atoms with van der Waals surface area (Å²) in [6.07, 6.45) is 0.834. The Morgan fingerprint density at radius 3 is 2.95 bits per heavy atom. The van der Waals surface area contributed by atoms with Gasteiger partial charge < -0.3 is 15.8 Å². The molecule has 0 aliphatic carbocycles. The van der Waals surface area contributed by atoms with E-state index in [-0.39, 0.29) is 5.91 Å². The summed E-state index contributed by atoms with van der Waals surface area (Å²) < 4.78 is 4.92. The molecule has 0 aliphatic heterocycles. The van der Waals surface area contributed by atoms with E-state index in [0.29, 0.717) is 26.2 Å². The van der Waals surface area contributed by atoms with Crippen LogP contribution in [-0.2, 0) is 16.1 Å². The van der Waals surface area contributed by atoms with E-state index in [0.717, 1.165) is 17.7 Å². The van der Waals surface area contributed by atoms with E-state index < -0.39 is 0 Å². The van der Waals surface area contributed by atoms with Gasteiger partial charge in [0.05, 0.1) is 6.54 Å². The Labute approximate surface area is 114 Å². The zero-order chi connectivity index (χ0) is 14.1. The average Bonchev–Trinajstić information content (AvgIpc) is 2.34. The molecule has 0 fully saturated rings. The molecule has 1 rings (SSSR count). The summed E-state index contributed by atoms with van der Waals surface area (Å²) in [4.78, 5) is 13.6. The zero-order valence-electron chi connectivity index (χ0n) is 11.7. The van der Waals surface area contributed by atoms with Gasteiger partial charge in [0.1, 0.15) is 0 Å². The number of nitrogens with one attached hydrogen (secondary N) is 1. The Hall–Kier alpha value is -1.59. The Balaban J connectivity index is 2.26. The van der Waals surface area contributed by atoms with Gasteiger partial charge in [-0.15, -0.1) is 0 Å². The first-order valence-electron chi connectivity index (χ1n) is 6.40. The number of likely N-dealkylation sites (N-methyl/N-ethyl adjacent to an activating group) is 1. The highest BCUT2D eigenvalue weighted by Gasteiger charge is 2.06. The number of carbonyl (C=O) groups is 1. The number of nitrogen functional groups attached to an aromatic ring is 1. The molecule has 0 atom stereocenters. The third-order valence-electron chi connectivity index (χ3n) is 2.66. The summed E-state index contributed by atoms with van der Waals surface area (Å²) in [7, 11) is 3.57. The highest BCUT2D eigenvalue weighted by atomic mass is 16.5. The first kappa shape index (κ1) is 15.5. The summed E-state index contributed by atoms with van der Waals surface area (Å²) in [6.45, 7) is 2.40. The molecule has 0 heterocycles. The van der Waals surface area contributed by atoms with Crippen LogP contribution in [0.4, 0.5) is 5.69 Å². The number of rotatable bonds is 8. The number of hydrogen-bond donors (Lipinski definition) is 2. The van der Waals surface area contributed by atoms with E-state index >= 15 is 0 Å². The lowest BCUT2D eigenvalue weighted by molar-refractivity contribution is -0.122. The maximum absolute atomic E-state index is 11.7. The number of amides is 1. The van der Waals surface area contributed by atoms with Gasteiger partial charge in [0.15, 0.2) is 0 Å². The molecular weight excluding hydrogens is 242 g/mol. The third-order valence-corrected chi connectivity index (χ3v) is 2.66. The predicted octanol–water partition coefficient (Wildman–Crippen LogP) is 0.853. The minimum Gasteiger partial charge on any atom is -0.399 e. The zero-order valence-corrected chi connectivity index (χ0v) is 11.7. The number of nitrogens with two attached hydrogens (primary N) is 1. The monoisotopic (exact) mass is 265 g/mol. The second-order valence-corrected chi connectivity index (χ2v) is 4.61. The molecule has 106 valence electrons. The van der Waals surface area contributed by atoms with Crippen molar-refractivity contribution in [2.75, 3.05) is 39.6 Å². The maximum atomic E-state index is 11.7. The first-order chi connectivity index (χ1) is 9.11. The molecule has 0 radical (unpaired) electrons. The van der Waals surface area contributed by atoms with Crippen LogP contribution in [0.1, 0.15) is 12.0 Å². The molecule has 0 saturated heterocycles. The standard InChI is InChI=1S/C14H23N3O2/c1-17(10-12-5-3-6-13(15)9-12)11-14(18)16-7-4-8-19-2/h3,5-6,9H,4,7-8,10-11,15H2,1-2H3,(H,16,18). The number of ether oxygens (including phenoxy) is 1. The molecule has 1 amide bonds. The van der Waals surface area contributed by atoms with Gasteiger partial charge in [0.25, 0.3) is 0 Å². The van der Waals surface area contributed by atoms with E-state index in [9.17, 15) is 4.79 Å². The smallest absolute Gasteiger partial charge is 0.234 e. The number of carbonyl (C=O) groups excluding carboxylic acids is 1. The molecule has 5 heteroatoms. The van der Waals surface area contributed by atoms with Crippen LogP contribution in [0.5, 0.6) is 0 Å². The number of benzene rings is 1. The Morgan fingerprint density at radius 1 is 1.47 bits per heavy atom. The second kappa shape index (κ2) is 8.50. The lowest BCUT2D eigenvalue weighted by Gasteiger charge is -2.16. The van der Waals surface area contributed by atoms with Gasteiger partial charge in [-0.05, 0) is 31.2 Å². The van der Waals surface area contributed by atoms with Crippen LogP contribution in [0, 0.1) is 0 Å². The van der Waals surface area contributed by atoms with Crippen LogP contribution < -0.4 is 11.1 Å². The SMILES string of the molecule is COCCCNC(=O)CN(C)Cc1cccc(N)c1. The van der Waals surface area contributed by atoms with Gasteiger partial charge in [-0.25, -0.2) is 0 Å². The van der Waals surface area contributed by atoms with E-state index in [1.807, 2.05) is 36.2 Å². The average molecular weight is 265 g/mol. The molecule has 19 heavy (non-hydrogen) atoms. The highest BCUT2D eigenvalue weighted by Crippen LogP contribution is 2.08. The minimum absolute atomic E-state index is 0.0301. The van der Waals surface area contributed by atoms with Gasteiger partial charge in [0, 0.05) is 32.5 Å². The molecule has 1 aromatic rings. The van der Waals surface area contributed by atoms with Crippen LogP contribution >= 0.6 is 0 Å². The van der Waals surface area contributed by atoms with Crippen molar-refractivity contribution in [3.8, 4) is 0 Å². The topological polar surface area (TPSA) is 67.6 Å². The van der Waals surface area contributed by atoms with E-state index in [1.54, 1.807) is 7.11 Å². The quantitative estimate of drug-likeness (QED) is 0.540. The highest BCUT2D eigenvalue weighted by molar-refractivity contribution is 5.77. The Morgan fingerprint density at radius 2 is 2.26 bits per heavy atom. The fraction of sp³-hybridized carbons (Fsp3) is 0.500. The van der Waals surface area contributed by atoms with Crippen molar-refractivity contribution in [2.24, 2.45) is 0 Å². The fourth-order valence-corrected chi connectivity index (χ4v) is 1.80. The van der Waals surface area contributed by atoms with Gasteiger partial charge in [-0.2, -0.15) is 0 Å². The molecule has 0 aliphatic rings. The lowest BCUT2D eigenvalue weighted by Crippen LogP contribution is -2.35. The normalized spacial score (nSPS) is 10.7. The third kappa shape index (κ3) is 6.79. The molecule has 0 aromatic heterocycles. The molecule has 5 nitrogen and oxygen atoms in total. The molecule has 0 saturated carbocycles. The van der Waals surface area contributed by atoms with Crippen LogP contribution in [0.25, 0.3) is 0 Å². The Kier molecular flexibility index (Phi) is 6.92. The summed E-state index contributed by atoms with van der Waals surface area (Å²) in [5, 5.41) is 2.86. The van der Waals surface area contributed by atoms with E-state index in [1.165, 1.54) is 0 Å². The van der Waals surface area contributed by atoms with Crippen molar-refractivity contribution in [3.63, 3.8) is 0 Å². The predicted molar refractivity (Wildman–Crippen MR) is 76.7 cm³/mol. The molecule has 0 spiro atoms. The van der Waals surface area contributed by atoms with Crippen LogP contribution in [0.3, 0.4) is 0 Å². The summed E-state index contributed by atoms with van der Waals surface area (Å²) in [5.74, 6) is 0.0301. The summed E-state index contributed by atoms with van der Waals surface area (Å²) >= 11 is 0. The minimum atomic E-state index is 0.0301. The number of anilines is 1. The van der Waals surface area contributed by atoms with Crippen LogP contribution in [-0.4, -0.2) is 44.7 Å². The summed E-state index contributed by atoms with van der Waals surface area (Å²) in [5.41, 5.74) is 7.57. The van der Waals surface area contributed by atoms with Crippen LogP contribution in [0.15, 0.2) is 24.3 Å². The van der Waals surface area contributed by atoms with Crippen molar-refractivity contribution in [1.29, 1.82) is 0 Å². The van der Waals surface area contributed by atoms with Crippen molar-refractivity contribution >= 4 is 11.6 Å². The number of nitrogens with zero attached hydrogens (tertiary/aromatic N) is 1. The second-order valence-electron chi connectivity index (χ2n) is 4.61. The van der Waals surface area contributed by atoms with Gasteiger partial charge in [-0.1, -0.05) is 12.1 Å². The van der Waals surface area contributed by atoms with Crippen molar-refractivity contribution < 1.29 is 9.53 Å².